The van der Waals surface area contributed by atoms with Crippen LogP contribution in [0.15, 0.2) is 53.9 Å². The molecule has 1 aromatic carbocycles. The highest BCUT2D eigenvalue weighted by molar-refractivity contribution is 7.99. The lowest BCUT2D eigenvalue weighted by Gasteiger charge is -2.09. The molecule has 7 nitrogen and oxygen atoms in total. The summed E-state index contributed by atoms with van der Waals surface area (Å²) in [5.41, 5.74) is 2.29. The van der Waals surface area contributed by atoms with Crippen LogP contribution in [0.3, 0.4) is 0 Å². The summed E-state index contributed by atoms with van der Waals surface area (Å²) in [6.07, 6.45) is 6.97. The maximum Gasteiger partial charge on any atom is 0.224 e. The number of nitrogens with zero attached hydrogens (tertiary/aromatic N) is 4. The second-order valence-corrected chi connectivity index (χ2v) is 8.17. The van der Waals surface area contributed by atoms with Gasteiger partial charge in [-0.1, -0.05) is 18.7 Å². The topological polar surface area (TPSA) is 89.8 Å². The molecule has 0 aliphatic heterocycles. The molecule has 0 bridgehead atoms. The zero-order valence-corrected chi connectivity index (χ0v) is 17.6. The third-order valence-corrected chi connectivity index (χ3v) is 5.76. The van der Waals surface area contributed by atoms with Gasteiger partial charge in [0.25, 0.3) is 0 Å². The van der Waals surface area contributed by atoms with Gasteiger partial charge in [-0.3, -0.25) is 19.1 Å². The Morgan fingerprint density at radius 2 is 1.83 bits per heavy atom. The van der Waals surface area contributed by atoms with Crippen LogP contribution >= 0.6 is 11.8 Å². The number of aromatic nitrogens is 4. The highest BCUT2D eigenvalue weighted by atomic mass is 32.2. The molecule has 1 fully saturated rings. The van der Waals surface area contributed by atoms with E-state index in [4.69, 9.17) is 0 Å². The Morgan fingerprint density at radius 1 is 1.10 bits per heavy atom. The molecule has 154 valence electrons. The molecule has 2 heterocycles. The van der Waals surface area contributed by atoms with Crippen LogP contribution in [-0.4, -0.2) is 37.2 Å². The number of carbonyl (C=O) groups excluding carboxylic acids is 2. The van der Waals surface area contributed by atoms with E-state index < -0.39 is 0 Å². The van der Waals surface area contributed by atoms with E-state index >= 15 is 0 Å². The van der Waals surface area contributed by atoms with Crippen molar-refractivity contribution in [2.75, 3.05) is 11.1 Å². The highest BCUT2D eigenvalue weighted by Gasteiger charge is 2.30. The average molecular weight is 422 g/mol. The van der Waals surface area contributed by atoms with E-state index in [1.807, 2.05) is 19.1 Å². The van der Waals surface area contributed by atoms with E-state index in [-0.39, 0.29) is 17.4 Å². The minimum absolute atomic E-state index is 0.0160. The number of hydrogen-bond donors (Lipinski definition) is 1. The SMILES string of the molecule is CCCC(=O)Nc1ccc(C(=O)CSc2nnc(-c3ccncc3)n2C2CC2)cc1. The van der Waals surface area contributed by atoms with E-state index in [1.54, 1.807) is 36.7 Å². The van der Waals surface area contributed by atoms with E-state index in [9.17, 15) is 9.59 Å². The van der Waals surface area contributed by atoms with Crippen molar-refractivity contribution in [2.45, 2.75) is 43.8 Å². The van der Waals surface area contributed by atoms with Gasteiger partial charge in [0, 0.05) is 41.7 Å². The smallest absolute Gasteiger partial charge is 0.224 e. The van der Waals surface area contributed by atoms with Crippen LogP contribution < -0.4 is 5.32 Å². The first-order chi connectivity index (χ1) is 14.7. The van der Waals surface area contributed by atoms with Crippen molar-refractivity contribution in [1.82, 2.24) is 19.7 Å². The maximum absolute atomic E-state index is 12.7. The van der Waals surface area contributed by atoms with Gasteiger partial charge in [0.05, 0.1) is 5.75 Å². The van der Waals surface area contributed by atoms with Gasteiger partial charge in [-0.2, -0.15) is 0 Å². The van der Waals surface area contributed by atoms with Crippen molar-refractivity contribution < 1.29 is 9.59 Å². The minimum Gasteiger partial charge on any atom is -0.326 e. The van der Waals surface area contributed by atoms with Crippen molar-refractivity contribution in [3.05, 3.63) is 54.4 Å². The molecule has 0 radical (unpaired) electrons. The molecule has 8 heteroatoms. The second-order valence-electron chi connectivity index (χ2n) is 7.23. The Labute approximate surface area is 179 Å². The number of ketones is 1. The van der Waals surface area contributed by atoms with Gasteiger partial charge in [-0.25, -0.2) is 0 Å². The van der Waals surface area contributed by atoms with Crippen molar-refractivity contribution in [3.63, 3.8) is 0 Å². The van der Waals surface area contributed by atoms with Crippen LogP contribution in [0.25, 0.3) is 11.4 Å². The van der Waals surface area contributed by atoms with E-state index in [0.29, 0.717) is 23.7 Å². The van der Waals surface area contributed by atoms with Gasteiger partial charge in [0.1, 0.15) is 0 Å². The largest absolute Gasteiger partial charge is 0.326 e. The summed E-state index contributed by atoms with van der Waals surface area (Å²) in [5, 5.41) is 12.3. The van der Waals surface area contributed by atoms with Crippen LogP contribution in [0, 0.1) is 0 Å². The first-order valence-corrected chi connectivity index (χ1v) is 11.1. The fourth-order valence-electron chi connectivity index (χ4n) is 3.14. The molecular weight excluding hydrogens is 398 g/mol. The summed E-state index contributed by atoms with van der Waals surface area (Å²) in [6.45, 7) is 1.96. The van der Waals surface area contributed by atoms with E-state index in [0.717, 1.165) is 35.8 Å². The van der Waals surface area contributed by atoms with Gasteiger partial charge < -0.3 is 5.32 Å². The van der Waals surface area contributed by atoms with Gasteiger partial charge in [0.15, 0.2) is 16.8 Å². The lowest BCUT2D eigenvalue weighted by molar-refractivity contribution is -0.116. The Bertz CT molecular complexity index is 1030. The summed E-state index contributed by atoms with van der Waals surface area (Å²) < 4.78 is 2.14. The zero-order chi connectivity index (χ0) is 20.9. The number of anilines is 1. The molecule has 1 amide bonds. The lowest BCUT2D eigenvalue weighted by Crippen LogP contribution is -2.11. The Hall–Kier alpha value is -3.00. The van der Waals surface area contributed by atoms with Gasteiger partial charge in [-0.05, 0) is 55.7 Å². The molecule has 4 rings (SSSR count). The first kappa shape index (κ1) is 20.3. The van der Waals surface area contributed by atoms with Crippen molar-refractivity contribution in [3.8, 4) is 11.4 Å². The quantitative estimate of drug-likeness (QED) is 0.407. The molecule has 0 unspecified atom stereocenters. The highest BCUT2D eigenvalue weighted by Crippen LogP contribution is 2.41. The van der Waals surface area contributed by atoms with Crippen LogP contribution in [-0.2, 0) is 4.79 Å². The monoisotopic (exact) mass is 421 g/mol. The molecule has 1 aliphatic rings. The minimum atomic E-state index is -0.0171. The molecule has 1 saturated carbocycles. The molecule has 2 aromatic heterocycles. The number of benzene rings is 1. The zero-order valence-electron chi connectivity index (χ0n) is 16.7. The number of carbonyl (C=O) groups is 2. The first-order valence-electron chi connectivity index (χ1n) is 10.1. The fraction of sp³-hybridized carbons (Fsp3) is 0.318. The normalized spacial score (nSPS) is 13.2. The molecular formula is C22H23N5O2S. The van der Waals surface area contributed by atoms with Crippen molar-refractivity contribution >= 4 is 29.1 Å². The maximum atomic E-state index is 12.7. The molecule has 0 spiro atoms. The number of nitrogens with one attached hydrogen (secondary N) is 1. The third-order valence-electron chi connectivity index (χ3n) is 4.82. The van der Waals surface area contributed by atoms with E-state index in [1.165, 1.54) is 11.8 Å². The van der Waals surface area contributed by atoms with Crippen LogP contribution in [0.4, 0.5) is 5.69 Å². The molecule has 3 aromatic rings. The van der Waals surface area contributed by atoms with Gasteiger partial charge >= 0.3 is 0 Å². The Balaban J connectivity index is 1.42. The fourth-order valence-corrected chi connectivity index (χ4v) is 4.04. The molecule has 30 heavy (non-hydrogen) atoms. The van der Waals surface area contributed by atoms with Gasteiger partial charge in [0.2, 0.25) is 5.91 Å². The predicted molar refractivity (Wildman–Crippen MR) is 117 cm³/mol. The summed E-state index contributed by atoms with van der Waals surface area (Å²) in [4.78, 5) is 28.4. The van der Waals surface area contributed by atoms with Crippen LogP contribution in [0.1, 0.15) is 49.0 Å². The third kappa shape index (κ3) is 4.76. The molecule has 1 aliphatic carbocycles. The number of rotatable bonds is 9. The second kappa shape index (κ2) is 9.21. The Morgan fingerprint density at radius 3 is 2.50 bits per heavy atom. The molecule has 0 atom stereocenters. The number of Topliss-reactive ketones (excluding diaryl/α,β-unsaturated/α-hetero) is 1. The predicted octanol–water partition coefficient (Wildman–Crippen LogP) is 4.39. The molecule has 1 N–H and O–H groups in total. The molecule has 0 saturated heterocycles. The van der Waals surface area contributed by atoms with Crippen LogP contribution in [0.2, 0.25) is 0 Å². The number of thioether (sulfide) groups is 1. The summed E-state index contributed by atoms with van der Waals surface area (Å²) in [6, 6.07) is 11.3. The summed E-state index contributed by atoms with van der Waals surface area (Å²) in [7, 11) is 0. The van der Waals surface area contributed by atoms with Crippen molar-refractivity contribution in [1.29, 1.82) is 0 Å². The van der Waals surface area contributed by atoms with Crippen molar-refractivity contribution in [2.24, 2.45) is 0 Å². The summed E-state index contributed by atoms with van der Waals surface area (Å²) in [5.74, 6) is 1.10. The summed E-state index contributed by atoms with van der Waals surface area (Å²) >= 11 is 1.41. The van der Waals surface area contributed by atoms with E-state index in [2.05, 4.69) is 25.1 Å². The Kier molecular flexibility index (Phi) is 6.23. The average Bonchev–Trinajstić information content (AvgIpc) is 3.52. The van der Waals surface area contributed by atoms with Gasteiger partial charge in [-0.15, -0.1) is 10.2 Å². The standard InChI is InChI=1S/C22H23N5O2S/c1-2-3-20(29)24-17-6-4-15(5-7-17)19(28)14-30-22-26-25-21(27(22)18-8-9-18)16-10-12-23-13-11-16/h4-7,10-13,18H,2-3,8-9,14H2,1H3,(H,24,29). The lowest BCUT2D eigenvalue weighted by atomic mass is 10.1. The number of amides is 1. The number of pyridine rings is 1. The number of hydrogen-bond acceptors (Lipinski definition) is 6. The van der Waals surface area contributed by atoms with Crippen LogP contribution in [0.5, 0.6) is 0 Å².